The molecule has 1 aliphatic heterocycles. The van der Waals surface area contributed by atoms with E-state index in [0.29, 0.717) is 38.7 Å². The van der Waals surface area contributed by atoms with E-state index in [1.807, 2.05) is 18.2 Å². The van der Waals surface area contributed by atoms with Crippen LogP contribution < -0.4 is 25.8 Å². The van der Waals surface area contributed by atoms with E-state index in [-0.39, 0.29) is 12.8 Å². The first-order valence-corrected chi connectivity index (χ1v) is 10.5. The van der Waals surface area contributed by atoms with Gasteiger partial charge in [-0.2, -0.15) is 0 Å². The zero-order valence-corrected chi connectivity index (χ0v) is 18.4. The normalized spacial score (nSPS) is 14.4. The van der Waals surface area contributed by atoms with Crippen molar-refractivity contribution < 1.29 is 14.3 Å². The highest BCUT2D eigenvalue weighted by atomic mass is 35.5. The van der Waals surface area contributed by atoms with Crippen LogP contribution in [0, 0.1) is 0 Å². The number of anilines is 2. The van der Waals surface area contributed by atoms with Gasteiger partial charge in [-0.05, 0) is 48.5 Å². The van der Waals surface area contributed by atoms with Crippen LogP contribution in [0.2, 0.25) is 15.1 Å². The first-order valence-electron chi connectivity index (χ1n) is 9.35. The molecule has 9 heteroatoms. The number of benzene rings is 3. The zero-order chi connectivity index (χ0) is 22.0. The van der Waals surface area contributed by atoms with Crippen LogP contribution in [-0.2, 0) is 6.61 Å². The van der Waals surface area contributed by atoms with Gasteiger partial charge in [-0.25, -0.2) is 0 Å². The third kappa shape index (κ3) is 5.10. The minimum atomic E-state index is -0.563. The van der Waals surface area contributed by atoms with Gasteiger partial charge in [-0.15, -0.1) is 0 Å². The highest BCUT2D eigenvalue weighted by molar-refractivity contribution is 6.35. The molecule has 0 spiro atoms. The fourth-order valence-electron chi connectivity index (χ4n) is 3.12. The summed E-state index contributed by atoms with van der Waals surface area (Å²) in [6, 6.07) is 15.5. The number of carbonyl (C=O) groups excluding carboxylic acids is 1. The third-order valence-corrected chi connectivity index (χ3v) is 5.50. The van der Waals surface area contributed by atoms with Crippen LogP contribution in [0.5, 0.6) is 11.5 Å². The largest absolute Gasteiger partial charge is 0.486 e. The van der Waals surface area contributed by atoms with E-state index in [0.717, 1.165) is 16.9 Å². The van der Waals surface area contributed by atoms with E-state index < -0.39 is 5.91 Å². The van der Waals surface area contributed by atoms with E-state index in [4.69, 9.17) is 50.0 Å². The molecule has 31 heavy (non-hydrogen) atoms. The summed E-state index contributed by atoms with van der Waals surface area (Å²) in [7, 11) is 0. The standard InChI is InChI=1S/C22H18Cl3N3O3/c23-14-3-1-13(16(25)8-14)10-30-20-7-12(22(26)29)2-6-19(20)31-11-21-27-17-5-4-15(24)9-18(17)28-21/h1-9,21,27-28H,10-11H2,(H2,26,29). The molecule has 3 aromatic rings. The summed E-state index contributed by atoms with van der Waals surface area (Å²) in [6.45, 7) is 0.457. The first-order chi connectivity index (χ1) is 14.9. The van der Waals surface area contributed by atoms with Crippen molar-refractivity contribution >= 4 is 52.1 Å². The molecular weight excluding hydrogens is 461 g/mol. The number of hydrogen-bond donors (Lipinski definition) is 3. The number of fused-ring (bicyclic) bond motifs is 1. The van der Waals surface area contributed by atoms with Crippen LogP contribution >= 0.6 is 34.8 Å². The van der Waals surface area contributed by atoms with Gasteiger partial charge in [0.15, 0.2) is 11.5 Å². The lowest BCUT2D eigenvalue weighted by Crippen LogP contribution is -2.29. The first kappa shape index (κ1) is 21.4. The smallest absolute Gasteiger partial charge is 0.248 e. The van der Waals surface area contributed by atoms with Gasteiger partial charge in [0.25, 0.3) is 0 Å². The molecule has 0 radical (unpaired) electrons. The van der Waals surface area contributed by atoms with Crippen molar-refractivity contribution in [1.82, 2.24) is 0 Å². The van der Waals surface area contributed by atoms with E-state index in [9.17, 15) is 4.79 Å². The maximum absolute atomic E-state index is 11.6. The van der Waals surface area contributed by atoms with E-state index >= 15 is 0 Å². The van der Waals surface area contributed by atoms with E-state index in [1.54, 1.807) is 36.4 Å². The maximum Gasteiger partial charge on any atom is 0.248 e. The van der Waals surface area contributed by atoms with Crippen LogP contribution in [0.3, 0.4) is 0 Å². The molecule has 1 aliphatic rings. The Morgan fingerprint density at radius 1 is 0.871 bits per heavy atom. The summed E-state index contributed by atoms with van der Waals surface area (Å²) >= 11 is 18.2. The number of nitrogens with two attached hydrogens (primary N) is 1. The van der Waals surface area contributed by atoms with Crippen molar-refractivity contribution in [2.24, 2.45) is 5.73 Å². The summed E-state index contributed by atoms with van der Waals surface area (Å²) in [4.78, 5) is 11.6. The molecule has 0 aliphatic carbocycles. The molecular formula is C22H18Cl3N3O3. The Bertz CT molecular complexity index is 1140. The molecule has 1 amide bonds. The van der Waals surface area contributed by atoms with Crippen molar-refractivity contribution in [3.8, 4) is 11.5 Å². The SMILES string of the molecule is NC(=O)c1ccc(OCC2Nc3ccc(Cl)cc3N2)c(OCc2ccc(Cl)cc2Cl)c1. The third-order valence-electron chi connectivity index (χ3n) is 4.67. The second-order valence-corrected chi connectivity index (χ2v) is 8.17. The Hall–Kier alpha value is -2.80. The number of ether oxygens (including phenoxy) is 2. The van der Waals surface area contributed by atoms with Crippen LogP contribution in [0.25, 0.3) is 0 Å². The van der Waals surface area contributed by atoms with E-state index in [1.165, 1.54) is 0 Å². The number of hydrogen-bond acceptors (Lipinski definition) is 5. The number of rotatable bonds is 7. The lowest BCUT2D eigenvalue weighted by Gasteiger charge is -2.17. The van der Waals surface area contributed by atoms with Gasteiger partial charge in [0, 0.05) is 26.2 Å². The van der Waals surface area contributed by atoms with Crippen molar-refractivity contribution in [3.63, 3.8) is 0 Å². The summed E-state index contributed by atoms with van der Waals surface area (Å²) < 4.78 is 11.9. The molecule has 0 fully saturated rings. The average molecular weight is 479 g/mol. The Morgan fingerprint density at radius 2 is 1.61 bits per heavy atom. The number of halogens is 3. The molecule has 0 saturated heterocycles. The number of carbonyl (C=O) groups is 1. The maximum atomic E-state index is 11.6. The van der Waals surface area contributed by atoms with Crippen LogP contribution in [0.1, 0.15) is 15.9 Å². The second kappa shape index (κ2) is 9.14. The van der Waals surface area contributed by atoms with Gasteiger partial charge in [-0.3, -0.25) is 4.79 Å². The van der Waals surface area contributed by atoms with Crippen molar-refractivity contribution in [1.29, 1.82) is 0 Å². The Morgan fingerprint density at radius 3 is 2.39 bits per heavy atom. The average Bonchev–Trinajstić information content (AvgIpc) is 3.13. The topological polar surface area (TPSA) is 85.6 Å². The Labute approximate surface area is 194 Å². The van der Waals surface area contributed by atoms with Gasteiger partial charge in [0.05, 0.1) is 11.4 Å². The molecule has 160 valence electrons. The van der Waals surface area contributed by atoms with Gasteiger partial charge < -0.3 is 25.8 Å². The van der Waals surface area contributed by atoms with Crippen molar-refractivity contribution in [2.75, 3.05) is 17.2 Å². The minimum absolute atomic E-state index is 0.164. The summed E-state index contributed by atoms with van der Waals surface area (Å²) in [5, 5.41) is 8.28. The quantitative estimate of drug-likeness (QED) is 0.413. The van der Waals surface area contributed by atoms with Crippen LogP contribution in [0.4, 0.5) is 11.4 Å². The Kier molecular flexibility index (Phi) is 6.32. The fraction of sp³-hybridized carbons (Fsp3) is 0.136. The van der Waals surface area contributed by atoms with Gasteiger partial charge >= 0.3 is 0 Å². The predicted molar refractivity (Wildman–Crippen MR) is 124 cm³/mol. The predicted octanol–water partition coefficient (Wildman–Crippen LogP) is 5.57. The summed E-state index contributed by atoms with van der Waals surface area (Å²) in [6.07, 6.45) is -0.164. The molecule has 1 unspecified atom stereocenters. The molecule has 0 aromatic heterocycles. The van der Waals surface area contributed by atoms with Crippen LogP contribution in [0.15, 0.2) is 54.6 Å². The van der Waals surface area contributed by atoms with Crippen LogP contribution in [-0.4, -0.2) is 18.7 Å². The lowest BCUT2D eigenvalue weighted by atomic mass is 10.2. The number of amides is 1. The van der Waals surface area contributed by atoms with Crippen molar-refractivity contribution in [2.45, 2.75) is 12.8 Å². The zero-order valence-electron chi connectivity index (χ0n) is 16.1. The molecule has 3 aromatic carbocycles. The molecule has 6 nitrogen and oxygen atoms in total. The molecule has 1 atom stereocenters. The molecule has 0 bridgehead atoms. The van der Waals surface area contributed by atoms with Gasteiger partial charge in [0.1, 0.15) is 19.4 Å². The minimum Gasteiger partial charge on any atom is -0.486 e. The lowest BCUT2D eigenvalue weighted by molar-refractivity contribution is 0.0999. The second-order valence-electron chi connectivity index (χ2n) is 6.89. The van der Waals surface area contributed by atoms with Gasteiger partial charge in [-0.1, -0.05) is 40.9 Å². The highest BCUT2D eigenvalue weighted by Crippen LogP contribution is 2.33. The van der Waals surface area contributed by atoms with Crippen molar-refractivity contribution in [3.05, 3.63) is 80.8 Å². The monoisotopic (exact) mass is 477 g/mol. The number of nitrogens with one attached hydrogen (secondary N) is 2. The summed E-state index contributed by atoms with van der Waals surface area (Å²) in [5.74, 6) is 0.279. The number of primary amides is 1. The molecule has 1 heterocycles. The summed E-state index contributed by atoms with van der Waals surface area (Å²) in [5.41, 5.74) is 8.31. The van der Waals surface area contributed by atoms with E-state index in [2.05, 4.69) is 10.6 Å². The fourth-order valence-corrected chi connectivity index (χ4v) is 3.75. The molecule has 0 saturated carbocycles. The molecule has 4 rings (SSSR count). The molecule has 4 N–H and O–H groups in total. The Balaban J connectivity index is 1.47. The van der Waals surface area contributed by atoms with Gasteiger partial charge in [0.2, 0.25) is 5.91 Å². The highest BCUT2D eigenvalue weighted by Gasteiger charge is 2.21.